The molecule has 2 amide bonds. The van der Waals surface area contributed by atoms with Crippen molar-refractivity contribution < 1.29 is 33.4 Å². The van der Waals surface area contributed by atoms with Gasteiger partial charge in [-0.2, -0.15) is 0 Å². The first-order valence-corrected chi connectivity index (χ1v) is 20.4. The number of aromatic nitrogens is 2. The molecule has 4 saturated heterocycles. The fourth-order valence-electron chi connectivity index (χ4n) is 6.96. The van der Waals surface area contributed by atoms with Crippen LogP contribution < -0.4 is 16.2 Å². The van der Waals surface area contributed by atoms with Gasteiger partial charge >= 0.3 is 18.2 Å². The number of Topliss-reactive ketones (excluding diaryl/α,β-unsaturated/α-hetero) is 1. The summed E-state index contributed by atoms with van der Waals surface area (Å²) in [5, 5.41) is 7.09. The number of ether oxygens (including phenoxy) is 3. The van der Waals surface area contributed by atoms with Gasteiger partial charge in [0.05, 0.1) is 12.3 Å². The van der Waals surface area contributed by atoms with Crippen molar-refractivity contribution in [1.82, 2.24) is 24.7 Å². The molecule has 5 heterocycles. The minimum absolute atomic E-state index is 0.0925. The van der Waals surface area contributed by atoms with E-state index in [4.69, 9.17) is 30.3 Å². The summed E-state index contributed by atoms with van der Waals surface area (Å²) in [7, 11) is 0. The molecule has 316 valence electrons. The molecule has 0 aromatic carbocycles. The van der Waals surface area contributed by atoms with Gasteiger partial charge in [-0.15, -0.1) is 0 Å². The van der Waals surface area contributed by atoms with Crippen LogP contribution in [0.4, 0.5) is 15.5 Å². The summed E-state index contributed by atoms with van der Waals surface area (Å²) in [5.74, 6) is 0.387. The number of nitrogens with zero attached hydrogens (tertiary/aromatic N) is 5. The Morgan fingerprint density at radius 3 is 1.70 bits per heavy atom. The van der Waals surface area contributed by atoms with Crippen molar-refractivity contribution in [3.05, 3.63) is 22.1 Å². The molecule has 56 heavy (non-hydrogen) atoms. The number of likely N-dealkylation sites (tertiary alicyclic amines) is 3. The zero-order chi connectivity index (χ0) is 41.5. The Balaban J connectivity index is 0.000000250. The molecule has 0 aliphatic carbocycles. The second-order valence-electron chi connectivity index (χ2n) is 16.9. The lowest BCUT2D eigenvalue weighted by atomic mass is 9.91. The van der Waals surface area contributed by atoms with Gasteiger partial charge in [-0.25, -0.2) is 14.6 Å². The third-order valence-corrected chi connectivity index (χ3v) is 9.89. The monoisotopic (exact) mass is 789 g/mol. The molecule has 16 nitrogen and oxygen atoms in total. The lowest BCUT2D eigenvalue weighted by molar-refractivity contribution is -0.146. The van der Waals surface area contributed by atoms with Crippen molar-refractivity contribution in [3.8, 4) is 0 Å². The standard InChI is InChI=1S/C19H30N4O3.C15H25NO5.C6H13N3/c1-19(2,3)26-18(25)23-11-7-14(8-12-23)15-13-16(24)21-17(20-15)22-9-5-4-6-10-22;1-5-20-13(18)10-12(17)11-6-8-16(9-7-11)14(19)21-15(2,3)4;7-6(8)9-4-2-1-3-5-9/h13-14H,4-12H2,1-3H3,(H,20,21,24);11H,5-10H2,1-4H3;1-5H2,(H3,7,8). The van der Waals surface area contributed by atoms with Gasteiger partial charge in [0.1, 0.15) is 23.4 Å². The number of nitrogens with two attached hydrogens (primary N) is 1. The maximum Gasteiger partial charge on any atom is 0.410 e. The molecule has 4 aliphatic heterocycles. The number of anilines is 1. The first-order chi connectivity index (χ1) is 26.3. The quantitative estimate of drug-likeness (QED) is 0.109. The van der Waals surface area contributed by atoms with Crippen molar-refractivity contribution in [1.29, 1.82) is 5.41 Å². The third-order valence-electron chi connectivity index (χ3n) is 9.89. The van der Waals surface area contributed by atoms with Crippen LogP contribution >= 0.6 is 0 Å². The smallest absolute Gasteiger partial charge is 0.410 e. The van der Waals surface area contributed by atoms with Crippen LogP contribution in [0.25, 0.3) is 0 Å². The first-order valence-electron chi connectivity index (χ1n) is 20.4. The SMILES string of the molecule is CC(C)(C)OC(=O)N1CCC(c2cc(=O)[nH]c(N3CCCCC3)n2)CC1.CCOC(=O)CC(=O)C1CCN(C(=O)OC(C)(C)C)CC1.N=C(N)N1CCCCC1. The number of aromatic amines is 1. The van der Waals surface area contributed by atoms with E-state index < -0.39 is 17.2 Å². The van der Waals surface area contributed by atoms with Crippen LogP contribution in [0.2, 0.25) is 0 Å². The lowest BCUT2D eigenvalue weighted by Crippen LogP contribution is -2.43. The number of rotatable bonds is 6. The van der Waals surface area contributed by atoms with E-state index in [1.165, 1.54) is 25.7 Å². The summed E-state index contributed by atoms with van der Waals surface area (Å²) in [6, 6.07) is 1.61. The highest BCUT2D eigenvalue weighted by molar-refractivity contribution is 5.96. The van der Waals surface area contributed by atoms with Gasteiger partial charge < -0.3 is 39.5 Å². The first kappa shape index (κ1) is 46.0. The van der Waals surface area contributed by atoms with Crippen LogP contribution in [0, 0.1) is 11.3 Å². The number of guanidine groups is 1. The van der Waals surface area contributed by atoms with Gasteiger partial charge in [-0.05, 0) is 113 Å². The van der Waals surface area contributed by atoms with Gasteiger partial charge in [0.2, 0.25) is 5.95 Å². The van der Waals surface area contributed by atoms with Crippen LogP contribution in [0.5, 0.6) is 0 Å². The lowest BCUT2D eigenvalue weighted by Gasteiger charge is -2.33. The van der Waals surface area contributed by atoms with Crippen molar-refractivity contribution in [2.75, 3.05) is 63.9 Å². The average Bonchev–Trinajstić information content (AvgIpc) is 3.14. The maximum atomic E-state index is 12.2. The average molecular weight is 789 g/mol. The highest BCUT2D eigenvalue weighted by atomic mass is 16.6. The Labute approximate surface area is 332 Å². The summed E-state index contributed by atoms with van der Waals surface area (Å²) in [6.45, 7) is 19.2. The van der Waals surface area contributed by atoms with E-state index in [1.54, 1.807) is 22.8 Å². The fraction of sp³-hybridized carbons (Fsp3) is 0.775. The molecule has 1 aromatic rings. The number of H-pyrrole nitrogens is 1. The summed E-state index contributed by atoms with van der Waals surface area (Å²) in [5.41, 5.74) is 5.03. The summed E-state index contributed by atoms with van der Waals surface area (Å²) in [4.78, 5) is 74.5. The van der Waals surface area contributed by atoms with E-state index in [0.29, 0.717) is 45.0 Å². The largest absolute Gasteiger partial charge is 0.466 e. The van der Waals surface area contributed by atoms with Crippen LogP contribution in [0.3, 0.4) is 0 Å². The predicted octanol–water partition coefficient (Wildman–Crippen LogP) is 5.40. The molecule has 5 rings (SSSR count). The van der Waals surface area contributed by atoms with E-state index in [9.17, 15) is 24.0 Å². The van der Waals surface area contributed by atoms with Crippen molar-refractivity contribution in [2.24, 2.45) is 11.7 Å². The molecule has 0 atom stereocenters. The zero-order valence-electron chi connectivity index (χ0n) is 35.0. The minimum Gasteiger partial charge on any atom is -0.466 e. The second-order valence-corrected chi connectivity index (χ2v) is 16.9. The normalized spacial score (nSPS) is 18.4. The number of amides is 2. The summed E-state index contributed by atoms with van der Waals surface area (Å²) < 4.78 is 15.5. The molecule has 4 aliphatic rings. The molecule has 1 aromatic heterocycles. The highest BCUT2D eigenvalue weighted by Crippen LogP contribution is 2.28. The van der Waals surface area contributed by atoms with Crippen LogP contribution in [0.1, 0.15) is 131 Å². The van der Waals surface area contributed by atoms with Gasteiger partial charge in [0.25, 0.3) is 5.56 Å². The molecule has 4 fully saturated rings. The van der Waals surface area contributed by atoms with E-state index >= 15 is 0 Å². The number of hydrogen-bond donors (Lipinski definition) is 3. The Bertz CT molecular complexity index is 1490. The molecule has 0 radical (unpaired) electrons. The molecule has 0 spiro atoms. The number of nitrogens with one attached hydrogen (secondary N) is 2. The van der Waals surface area contributed by atoms with Crippen LogP contribution in [0.15, 0.2) is 10.9 Å². The van der Waals surface area contributed by atoms with Crippen molar-refractivity contribution in [2.45, 2.75) is 136 Å². The summed E-state index contributed by atoms with van der Waals surface area (Å²) >= 11 is 0. The topological polar surface area (TPSA) is 205 Å². The van der Waals surface area contributed by atoms with E-state index in [2.05, 4.69) is 9.88 Å². The Morgan fingerprint density at radius 2 is 1.25 bits per heavy atom. The molecular weight excluding hydrogens is 720 g/mol. The van der Waals surface area contributed by atoms with Crippen LogP contribution in [-0.2, 0) is 23.8 Å². The number of esters is 1. The number of hydrogen-bond acceptors (Lipinski definition) is 11. The summed E-state index contributed by atoms with van der Waals surface area (Å²) in [6.07, 6.45) is 9.16. The zero-order valence-corrected chi connectivity index (χ0v) is 35.0. The fourth-order valence-corrected chi connectivity index (χ4v) is 6.96. The Hall–Kier alpha value is -4.37. The molecule has 16 heteroatoms. The maximum absolute atomic E-state index is 12.2. The molecule has 4 N–H and O–H groups in total. The third kappa shape index (κ3) is 16.4. The van der Waals surface area contributed by atoms with Gasteiger partial charge in [-0.3, -0.25) is 24.8 Å². The van der Waals surface area contributed by atoms with Gasteiger partial charge in [0.15, 0.2) is 5.96 Å². The number of carbonyl (C=O) groups is 4. The highest BCUT2D eigenvalue weighted by Gasteiger charge is 2.31. The number of carbonyl (C=O) groups excluding carboxylic acids is 4. The molecule has 0 unspecified atom stereocenters. The van der Waals surface area contributed by atoms with Gasteiger partial charge in [-0.1, -0.05) is 0 Å². The van der Waals surface area contributed by atoms with Crippen molar-refractivity contribution in [3.63, 3.8) is 0 Å². The second kappa shape index (κ2) is 21.8. The molecule has 0 saturated carbocycles. The number of ketones is 1. The Kier molecular flexibility index (Phi) is 17.9. The Morgan fingerprint density at radius 1 is 0.768 bits per heavy atom. The van der Waals surface area contributed by atoms with Crippen molar-refractivity contribution >= 4 is 35.8 Å². The predicted molar refractivity (Wildman–Crippen MR) is 215 cm³/mol. The van der Waals surface area contributed by atoms with Gasteiger partial charge in [0, 0.05) is 70.3 Å². The van der Waals surface area contributed by atoms with E-state index in [0.717, 1.165) is 57.6 Å². The van der Waals surface area contributed by atoms with E-state index in [1.807, 2.05) is 46.4 Å². The number of piperidine rings is 4. The van der Waals surface area contributed by atoms with E-state index in [-0.39, 0.29) is 54.4 Å². The molecule has 0 bridgehead atoms. The minimum atomic E-state index is -0.520. The molecular formula is C40H68N8O8. The van der Waals surface area contributed by atoms with Crippen LogP contribution in [-0.4, -0.2) is 125 Å².